The van der Waals surface area contributed by atoms with Crippen molar-refractivity contribution in [1.29, 1.82) is 0 Å². The summed E-state index contributed by atoms with van der Waals surface area (Å²) >= 11 is 0. The van der Waals surface area contributed by atoms with Crippen molar-refractivity contribution in [3.63, 3.8) is 0 Å². The van der Waals surface area contributed by atoms with Crippen LogP contribution in [0.1, 0.15) is 5.82 Å². The van der Waals surface area contributed by atoms with Crippen molar-refractivity contribution < 1.29 is 0 Å². The number of imidazole rings is 1. The van der Waals surface area contributed by atoms with Crippen molar-refractivity contribution >= 4 is 11.5 Å². The molecule has 0 aliphatic rings. The Hall–Kier alpha value is -1.65. The van der Waals surface area contributed by atoms with Crippen molar-refractivity contribution in [1.82, 2.24) is 19.6 Å². The molecule has 0 radical (unpaired) electrons. The maximum atomic E-state index is 5.57. The largest absolute Gasteiger partial charge is 0.380 e. The molecule has 0 saturated heterocycles. The van der Waals surface area contributed by atoms with Gasteiger partial charge in [-0.05, 0) is 6.92 Å². The summed E-state index contributed by atoms with van der Waals surface area (Å²) in [6.07, 6.45) is 3.38. The second kappa shape index (κ2) is 1.91. The summed E-state index contributed by atoms with van der Waals surface area (Å²) in [5, 5.41) is 4.06. The number of hydrogen-bond donors (Lipinski definition) is 1. The van der Waals surface area contributed by atoms with E-state index in [1.807, 2.05) is 0 Å². The smallest absolute Gasteiger partial charge is 0.196 e. The number of nitrogens with zero attached hydrogens (tertiary/aromatic N) is 4. The first-order valence-electron chi connectivity index (χ1n) is 3.21. The van der Waals surface area contributed by atoms with E-state index in [-0.39, 0.29) is 0 Å². The highest BCUT2D eigenvalue weighted by atomic mass is 15.3. The summed E-state index contributed by atoms with van der Waals surface area (Å²) in [7, 11) is 0. The van der Waals surface area contributed by atoms with E-state index in [0.717, 1.165) is 0 Å². The van der Waals surface area contributed by atoms with Gasteiger partial charge in [-0.3, -0.25) is 0 Å². The number of fused-ring (bicyclic) bond motifs is 1. The highest BCUT2D eigenvalue weighted by Crippen LogP contribution is 2.05. The molecule has 0 bridgehead atoms. The van der Waals surface area contributed by atoms with Gasteiger partial charge in [0, 0.05) is 12.4 Å². The normalized spacial score (nSPS) is 10.6. The molecule has 0 aliphatic carbocycles. The molecule has 2 rings (SSSR count). The molecule has 0 aromatic carbocycles. The molecule has 2 N–H and O–H groups in total. The Kier molecular flexibility index (Phi) is 1.06. The van der Waals surface area contributed by atoms with E-state index in [4.69, 9.17) is 5.73 Å². The molecule has 0 atom stereocenters. The van der Waals surface area contributed by atoms with Gasteiger partial charge < -0.3 is 5.73 Å². The van der Waals surface area contributed by atoms with Gasteiger partial charge in [0.2, 0.25) is 0 Å². The molecule has 2 heterocycles. The third kappa shape index (κ3) is 0.813. The summed E-state index contributed by atoms with van der Waals surface area (Å²) in [6.45, 7) is 1.79. The van der Waals surface area contributed by atoms with Crippen molar-refractivity contribution in [2.45, 2.75) is 6.92 Å². The minimum absolute atomic E-state index is 0.419. The van der Waals surface area contributed by atoms with Gasteiger partial charge in [-0.25, -0.2) is 14.5 Å². The van der Waals surface area contributed by atoms with Crippen LogP contribution in [-0.4, -0.2) is 19.6 Å². The minimum atomic E-state index is 0.419. The van der Waals surface area contributed by atoms with Crippen LogP contribution in [0.25, 0.3) is 5.65 Å². The Labute approximate surface area is 62.9 Å². The molecular formula is C6H7N5. The number of hydrogen-bond acceptors (Lipinski definition) is 4. The summed E-state index contributed by atoms with van der Waals surface area (Å²) in [5.41, 5.74) is 6.17. The van der Waals surface area contributed by atoms with Crippen LogP contribution in [0.4, 0.5) is 5.82 Å². The van der Waals surface area contributed by atoms with Gasteiger partial charge in [-0.1, -0.05) is 0 Å². The van der Waals surface area contributed by atoms with Gasteiger partial charge in [0.15, 0.2) is 11.5 Å². The molecule has 2 aromatic heterocycles. The van der Waals surface area contributed by atoms with Crippen molar-refractivity contribution in [3.05, 3.63) is 18.2 Å². The fourth-order valence-electron chi connectivity index (χ4n) is 0.964. The molecule has 2 aromatic rings. The maximum absolute atomic E-state index is 5.57. The molecule has 0 saturated carbocycles. The average molecular weight is 149 g/mol. The fraction of sp³-hybridized carbons (Fsp3) is 0.167. The van der Waals surface area contributed by atoms with Crippen molar-refractivity contribution in [2.24, 2.45) is 0 Å². The van der Waals surface area contributed by atoms with Gasteiger partial charge >= 0.3 is 0 Å². The Bertz CT molecular complexity index is 391. The van der Waals surface area contributed by atoms with E-state index in [1.54, 1.807) is 23.8 Å². The molecule has 56 valence electrons. The number of nitrogen functional groups attached to an aromatic ring is 1. The fourth-order valence-corrected chi connectivity index (χ4v) is 0.964. The molecule has 5 nitrogen and oxygen atoms in total. The van der Waals surface area contributed by atoms with Crippen LogP contribution in [0.3, 0.4) is 0 Å². The molecule has 0 aliphatic heterocycles. The molecule has 0 unspecified atom stereocenters. The predicted molar refractivity (Wildman–Crippen MR) is 39.9 cm³/mol. The lowest BCUT2D eigenvalue weighted by Gasteiger charge is -1.96. The third-order valence-corrected chi connectivity index (χ3v) is 1.39. The number of anilines is 1. The van der Waals surface area contributed by atoms with Gasteiger partial charge in [0.05, 0.1) is 0 Å². The number of nitrogens with two attached hydrogens (primary N) is 1. The molecule has 0 amide bonds. The zero-order valence-corrected chi connectivity index (χ0v) is 6.02. The Morgan fingerprint density at radius 2 is 2.36 bits per heavy atom. The SMILES string of the molecule is Cc1nc(N)c2nccn2n1. The van der Waals surface area contributed by atoms with Gasteiger partial charge in [0.1, 0.15) is 5.82 Å². The van der Waals surface area contributed by atoms with Crippen LogP contribution >= 0.6 is 0 Å². The quantitative estimate of drug-likeness (QED) is 0.573. The Morgan fingerprint density at radius 3 is 3.18 bits per heavy atom. The first kappa shape index (κ1) is 6.09. The van der Waals surface area contributed by atoms with Gasteiger partial charge in [0.25, 0.3) is 0 Å². The first-order valence-corrected chi connectivity index (χ1v) is 3.21. The van der Waals surface area contributed by atoms with Crippen LogP contribution < -0.4 is 5.73 Å². The van der Waals surface area contributed by atoms with E-state index in [1.165, 1.54) is 0 Å². The van der Waals surface area contributed by atoms with Gasteiger partial charge in [-0.15, -0.1) is 0 Å². The summed E-state index contributed by atoms with van der Waals surface area (Å²) in [5.74, 6) is 1.07. The summed E-state index contributed by atoms with van der Waals surface area (Å²) < 4.78 is 1.61. The zero-order valence-electron chi connectivity index (χ0n) is 6.02. The lowest BCUT2D eigenvalue weighted by Crippen LogP contribution is -2.02. The topological polar surface area (TPSA) is 69.1 Å². The second-order valence-electron chi connectivity index (χ2n) is 2.24. The highest BCUT2D eigenvalue weighted by Gasteiger charge is 2.00. The standard InChI is InChI=1S/C6H7N5/c1-4-9-5(7)6-8-2-3-11(6)10-4/h2-3H,1H3,(H2,7,9,10). The van der Waals surface area contributed by atoms with E-state index in [0.29, 0.717) is 17.3 Å². The monoisotopic (exact) mass is 149 g/mol. The number of aromatic nitrogens is 4. The Balaban J connectivity index is 2.91. The van der Waals surface area contributed by atoms with Crippen LogP contribution in [-0.2, 0) is 0 Å². The number of rotatable bonds is 0. The van der Waals surface area contributed by atoms with E-state index >= 15 is 0 Å². The first-order chi connectivity index (χ1) is 5.27. The molecule has 5 heteroatoms. The van der Waals surface area contributed by atoms with Crippen molar-refractivity contribution in [3.8, 4) is 0 Å². The molecule has 11 heavy (non-hydrogen) atoms. The zero-order chi connectivity index (χ0) is 7.84. The lowest BCUT2D eigenvalue weighted by molar-refractivity contribution is 0.857. The number of aryl methyl sites for hydroxylation is 1. The maximum Gasteiger partial charge on any atom is 0.196 e. The van der Waals surface area contributed by atoms with Crippen LogP contribution in [0.5, 0.6) is 0 Å². The van der Waals surface area contributed by atoms with E-state index < -0.39 is 0 Å². The van der Waals surface area contributed by atoms with Crippen LogP contribution in [0.2, 0.25) is 0 Å². The predicted octanol–water partition coefficient (Wildman–Crippen LogP) is 0.0149. The van der Waals surface area contributed by atoms with Gasteiger partial charge in [-0.2, -0.15) is 5.10 Å². The van der Waals surface area contributed by atoms with Crippen molar-refractivity contribution in [2.75, 3.05) is 5.73 Å². The molecule has 0 spiro atoms. The van der Waals surface area contributed by atoms with E-state index in [9.17, 15) is 0 Å². The van der Waals surface area contributed by atoms with Crippen LogP contribution in [0, 0.1) is 6.92 Å². The summed E-state index contributed by atoms with van der Waals surface area (Å²) in [4.78, 5) is 7.93. The second-order valence-corrected chi connectivity index (χ2v) is 2.24. The third-order valence-electron chi connectivity index (χ3n) is 1.39. The summed E-state index contributed by atoms with van der Waals surface area (Å²) in [6, 6.07) is 0. The molecule has 0 fully saturated rings. The highest BCUT2D eigenvalue weighted by molar-refractivity contribution is 5.58. The average Bonchev–Trinajstić information content (AvgIpc) is 2.34. The molecular weight excluding hydrogens is 142 g/mol. The minimum Gasteiger partial charge on any atom is -0.380 e. The van der Waals surface area contributed by atoms with Crippen LogP contribution in [0.15, 0.2) is 12.4 Å². The van der Waals surface area contributed by atoms with E-state index in [2.05, 4.69) is 15.1 Å². The lowest BCUT2D eigenvalue weighted by atomic mass is 10.6. The Morgan fingerprint density at radius 1 is 1.55 bits per heavy atom.